The van der Waals surface area contributed by atoms with Gasteiger partial charge < -0.3 is 4.74 Å². The zero-order valence-corrected chi connectivity index (χ0v) is 7.21. The number of hydrogen-bond donors (Lipinski definition) is 0. The van der Waals surface area contributed by atoms with Crippen molar-refractivity contribution in [1.29, 1.82) is 5.26 Å². The molecule has 0 aliphatic rings. The van der Waals surface area contributed by atoms with Gasteiger partial charge in [0.2, 0.25) is 0 Å². The first kappa shape index (κ1) is 8.89. The molecule has 3 heteroatoms. The van der Waals surface area contributed by atoms with Gasteiger partial charge in [-0.2, -0.15) is 5.26 Å². The second-order valence-corrected chi connectivity index (χ2v) is 2.60. The number of alkyl halides is 1. The van der Waals surface area contributed by atoms with E-state index in [-0.39, 0.29) is 0 Å². The number of nitrogens with zero attached hydrogens (tertiary/aromatic N) is 1. The molecule has 1 aromatic rings. The molecule has 0 aliphatic heterocycles. The predicted octanol–water partition coefficient (Wildman–Crippen LogP) is 2.42. The van der Waals surface area contributed by atoms with Crippen LogP contribution in [0, 0.1) is 11.5 Å². The van der Waals surface area contributed by atoms with Gasteiger partial charge in [0.1, 0.15) is 6.61 Å². The van der Waals surface area contributed by atoms with E-state index in [4.69, 9.17) is 16.9 Å². The van der Waals surface area contributed by atoms with Crippen molar-refractivity contribution in [3.63, 3.8) is 0 Å². The van der Waals surface area contributed by atoms with Crippen LogP contribution in [0.2, 0.25) is 0 Å². The van der Waals surface area contributed by atoms with E-state index in [0.717, 1.165) is 11.1 Å². The number of ether oxygens (including phenoxy) is 1. The summed E-state index contributed by atoms with van der Waals surface area (Å²) in [5.41, 5.74) is 2.04. The van der Waals surface area contributed by atoms with Gasteiger partial charge in [-0.15, -0.1) is 11.6 Å². The van der Waals surface area contributed by atoms with Crippen LogP contribution in [0.1, 0.15) is 11.1 Å². The summed E-state index contributed by atoms with van der Waals surface area (Å²) in [6, 6.07) is 7.64. The fraction of sp³-hybridized carbons (Fsp3) is 0.222. The Bertz CT molecular complexity index is 276. The van der Waals surface area contributed by atoms with E-state index in [0.29, 0.717) is 12.5 Å². The normalized spacial score (nSPS) is 9.00. The van der Waals surface area contributed by atoms with Crippen LogP contribution < -0.4 is 0 Å². The predicted molar refractivity (Wildman–Crippen MR) is 46.4 cm³/mol. The van der Waals surface area contributed by atoms with Crippen LogP contribution in [0.5, 0.6) is 0 Å². The van der Waals surface area contributed by atoms with E-state index in [1.807, 2.05) is 24.3 Å². The molecule has 0 radical (unpaired) electrons. The third-order valence-corrected chi connectivity index (χ3v) is 1.79. The summed E-state index contributed by atoms with van der Waals surface area (Å²) in [6.45, 7) is 0.332. The Morgan fingerprint density at radius 1 is 1.25 bits per heavy atom. The summed E-state index contributed by atoms with van der Waals surface area (Å²) in [7, 11) is 0. The quantitative estimate of drug-likeness (QED) is 0.530. The molecule has 12 heavy (non-hydrogen) atoms. The minimum Gasteiger partial charge on any atom is -0.423 e. The van der Waals surface area contributed by atoms with Gasteiger partial charge >= 0.3 is 0 Å². The molecule has 2 nitrogen and oxygen atoms in total. The van der Waals surface area contributed by atoms with Crippen molar-refractivity contribution < 1.29 is 4.74 Å². The SMILES string of the molecule is N#COCc1ccc(CCl)cc1. The highest BCUT2D eigenvalue weighted by molar-refractivity contribution is 6.17. The van der Waals surface area contributed by atoms with Crippen LogP contribution in [0.4, 0.5) is 0 Å². The van der Waals surface area contributed by atoms with Crippen LogP contribution >= 0.6 is 11.6 Å². The fourth-order valence-corrected chi connectivity index (χ4v) is 1.02. The van der Waals surface area contributed by atoms with Crippen molar-refractivity contribution >= 4 is 11.6 Å². The van der Waals surface area contributed by atoms with E-state index in [1.54, 1.807) is 6.26 Å². The van der Waals surface area contributed by atoms with E-state index >= 15 is 0 Å². The Balaban J connectivity index is 2.60. The van der Waals surface area contributed by atoms with Gasteiger partial charge in [0.25, 0.3) is 6.26 Å². The van der Waals surface area contributed by atoms with E-state index in [2.05, 4.69) is 4.74 Å². The van der Waals surface area contributed by atoms with Crippen LogP contribution in [-0.4, -0.2) is 0 Å². The number of hydrogen-bond acceptors (Lipinski definition) is 2. The summed E-state index contributed by atoms with van der Waals surface area (Å²) < 4.78 is 4.57. The molecule has 62 valence electrons. The fourth-order valence-electron chi connectivity index (χ4n) is 0.840. The minimum atomic E-state index is 0.332. The Morgan fingerprint density at radius 3 is 2.33 bits per heavy atom. The molecule has 0 N–H and O–H groups in total. The van der Waals surface area contributed by atoms with Gasteiger partial charge in [-0.05, 0) is 11.1 Å². The van der Waals surface area contributed by atoms with Crippen molar-refractivity contribution in [2.75, 3.05) is 0 Å². The number of rotatable bonds is 3. The third kappa shape index (κ3) is 2.44. The zero-order chi connectivity index (χ0) is 8.81. The highest BCUT2D eigenvalue weighted by atomic mass is 35.5. The molecule has 0 fully saturated rings. The summed E-state index contributed by atoms with van der Waals surface area (Å²) in [6.07, 6.45) is 1.62. The van der Waals surface area contributed by atoms with Crippen LogP contribution in [0.15, 0.2) is 24.3 Å². The van der Waals surface area contributed by atoms with Crippen LogP contribution in [-0.2, 0) is 17.2 Å². The largest absolute Gasteiger partial charge is 0.423 e. The maximum atomic E-state index is 8.14. The van der Waals surface area contributed by atoms with Gasteiger partial charge in [-0.3, -0.25) is 0 Å². The van der Waals surface area contributed by atoms with E-state index in [9.17, 15) is 0 Å². The topological polar surface area (TPSA) is 33.0 Å². The first-order valence-electron chi connectivity index (χ1n) is 3.51. The summed E-state index contributed by atoms with van der Waals surface area (Å²) in [4.78, 5) is 0. The zero-order valence-electron chi connectivity index (χ0n) is 6.46. The average molecular weight is 182 g/mol. The molecule has 0 heterocycles. The summed E-state index contributed by atoms with van der Waals surface area (Å²) in [5, 5.41) is 8.14. The average Bonchev–Trinajstić information content (AvgIpc) is 2.15. The maximum Gasteiger partial charge on any atom is 0.286 e. The Kier molecular flexibility index (Phi) is 3.43. The molecule has 0 amide bonds. The van der Waals surface area contributed by atoms with Crippen molar-refractivity contribution in [2.24, 2.45) is 0 Å². The van der Waals surface area contributed by atoms with E-state index in [1.165, 1.54) is 0 Å². The molecule has 1 rings (SSSR count). The summed E-state index contributed by atoms with van der Waals surface area (Å²) in [5.74, 6) is 0.513. The summed E-state index contributed by atoms with van der Waals surface area (Å²) >= 11 is 5.60. The highest BCUT2D eigenvalue weighted by Gasteiger charge is 1.93. The highest BCUT2D eigenvalue weighted by Crippen LogP contribution is 2.07. The first-order chi connectivity index (χ1) is 5.86. The molecular weight excluding hydrogens is 174 g/mol. The standard InChI is InChI=1S/C9H8ClNO/c10-5-8-1-3-9(4-2-8)6-12-7-11/h1-4H,5-6H2. The Labute approximate surface area is 76.3 Å². The Hall–Kier alpha value is -1.20. The number of nitriles is 1. The van der Waals surface area contributed by atoms with Crippen molar-refractivity contribution in [3.8, 4) is 6.26 Å². The smallest absolute Gasteiger partial charge is 0.286 e. The van der Waals surface area contributed by atoms with Crippen molar-refractivity contribution in [2.45, 2.75) is 12.5 Å². The molecule has 0 atom stereocenters. The van der Waals surface area contributed by atoms with Gasteiger partial charge in [-0.1, -0.05) is 24.3 Å². The van der Waals surface area contributed by atoms with E-state index < -0.39 is 0 Å². The monoisotopic (exact) mass is 181 g/mol. The second-order valence-electron chi connectivity index (χ2n) is 2.33. The maximum absolute atomic E-state index is 8.14. The molecule has 0 aliphatic carbocycles. The lowest BCUT2D eigenvalue weighted by atomic mass is 10.2. The molecule has 0 aromatic heterocycles. The second kappa shape index (κ2) is 4.63. The lowest BCUT2D eigenvalue weighted by Crippen LogP contribution is -1.86. The van der Waals surface area contributed by atoms with Gasteiger partial charge in [0.15, 0.2) is 0 Å². The molecule has 1 aromatic carbocycles. The molecule has 0 saturated heterocycles. The Morgan fingerprint density at radius 2 is 1.83 bits per heavy atom. The van der Waals surface area contributed by atoms with Crippen molar-refractivity contribution in [1.82, 2.24) is 0 Å². The first-order valence-corrected chi connectivity index (χ1v) is 4.05. The van der Waals surface area contributed by atoms with Crippen molar-refractivity contribution in [3.05, 3.63) is 35.4 Å². The van der Waals surface area contributed by atoms with Crippen LogP contribution in [0.25, 0.3) is 0 Å². The van der Waals surface area contributed by atoms with Crippen LogP contribution in [0.3, 0.4) is 0 Å². The number of benzene rings is 1. The molecule has 0 spiro atoms. The molecular formula is C9H8ClNO. The lowest BCUT2D eigenvalue weighted by molar-refractivity contribution is 0.257. The van der Waals surface area contributed by atoms with Gasteiger partial charge in [-0.25, -0.2) is 0 Å². The number of halogens is 1. The minimum absolute atomic E-state index is 0.332. The molecule has 0 saturated carbocycles. The third-order valence-electron chi connectivity index (χ3n) is 1.48. The van der Waals surface area contributed by atoms with Gasteiger partial charge in [0.05, 0.1) is 0 Å². The molecule has 0 unspecified atom stereocenters. The van der Waals surface area contributed by atoms with Gasteiger partial charge in [0, 0.05) is 5.88 Å². The molecule has 0 bridgehead atoms. The lowest BCUT2D eigenvalue weighted by Gasteiger charge is -1.98.